The van der Waals surface area contributed by atoms with Gasteiger partial charge in [0, 0.05) is 11.4 Å². The van der Waals surface area contributed by atoms with Crippen LogP contribution in [0.1, 0.15) is 11.4 Å². The van der Waals surface area contributed by atoms with Crippen molar-refractivity contribution in [3.8, 4) is 16.8 Å². The molecule has 1 heterocycles. The fraction of sp³-hybridized carbons (Fsp3) is 0.0870. The Morgan fingerprint density at radius 2 is 1.57 bits per heavy atom. The van der Waals surface area contributed by atoms with Crippen molar-refractivity contribution in [3.05, 3.63) is 96.1 Å². The van der Waals surface area contributed by atoms with E-state index >= 15 is 0 Å². The van der Waals surface area contributed by atoms with E-state index in [0.29, 0.717) is 11.3 Å². The van der Waals surface area contributed by atoms with Crippen molar-refractivity contribution in [2.75, 3.05) is 4.72 Å². The lowest BCUT2D eigenvalue weighted by Crippen LogP contribution is -2.13. The zero-order valence-electron chi connectivity index (χ0n) is 16.5. The van der Waals surface area contributed by atoms with Crippen LogP contribution in [-0.2, 0) is 10.0 Å². The normalized spacial score (nSPS) is 11.4. The molecule has 30 heavy (non-hydrogen) atoms. The predicted molar refractivity (Wildman–Crippen MR) is 116 cm³/mol. The summed E-state index contributed by atoms with van der Waals surface area (Å²) >= 11 is 0. The fourth-order valence-electron chi connectivity index (χ4n) is 3.26. The zero-order chi connectivity index (χ0) is 21.3. The standard InChI is InChI=1S/C23H20FN3O2S/c1-16-14-17(2)27(25-16)22-12-10-21(11-13-22)26-30(28,29)23-5-3-4-19(15-23)18-6-8-20(24)9-7-18/h3-15,26H,1-2H3. The van der Waals surface area contributed by atoms with E-state index < -0.39 is 10.0 Å². The van der Waals surface area contributed by atoms with Crippen LogP contribution in [0.25, 0.3) is 16.8 Å². The first kappa shape index (κ1) is 19.8. The summed E-state index contributed by atoms with van der Waals surface area (Å²) in [4.78, 5) is 0.131. The minimum atomic E-state index is -3.78. The number of hydrogen-bond donors (Lipinski definition) is 1. The van der Waals surface area contributed by atoms with Gasteiger partial charge < -0.3 is 0 Å². The Morgan fingerprint density at radius 1 is 0.867 bits per heavy atom. The molecule has 7 heteroatoms. The van der Waals surface area contributed by atoms with Gasteiger partial charge in [0.05, 0.1) is 16.3 Å². The van der Waals surface area contributed by atoms with Crippen LogP contribution in [0.15, 0.2) is 83.8 Å². The summed E-state index contributed by atoms with van der Waals surface area (Å²) in [5, 5.41) is 4.43. The first-order chi connectivity index (χ1) is 14.3. The molecule has 0 atom stereocenters. The summed E-state index contributed by atoms with van der Waals surface area (Å²) in [7, 11) is -3.78. The fourth-order valence-corrected chi connectivity index (χ4v) is 4.36. The van der Waals surface area contributed by atoms with E-state index in [1.165, 1.54) is 18.2 Å². The van der Waals surface area contributed by atoms with Crippen molar-refractivity contribution in [2.24, 2.45) is 0 Å². The van der Waals surface area contributed by atoms with Gasteiger partial charge in [0.25, 0.3) is 10.0 Å². The predicted octanol–water partition coefficient (Wildman–Crippen LogP) is 5.10. The van der Waals surface area contributed by atoms with Gasteiger partial charge in [0.15, 0.2) is 0 Å². The lowest BCUT2D eigenvalue weighted by molar-refractivity contribution is 0.601. The number of hydrogen-bond acceptors (Lipinski definition) is 3. The van der Waals surface area contributed by atoms with Crippen molar-refractivity contribution in [3.63, 3.8) is 0 Å². The topological polar surface area (TPSA) is 64.0 Å². The molecule has 5 nitrogen and oxygen atoms in total. The summed E-state index contributed by atoms with van der Waals surface area (Å²) in [5.41, 5.74) is 4.64. The summed E-state index contributed by atoms with van der Waals surface area (Å²) in [6, 6.07) is 21.5. The van der Waals surface area contributed by atoms with Gasteiger partial charge in [-0.2, -0.15) is 5.10 Å². The molecule has 1 aromatic heterocycles. The molecule has 3 aromatic carbocycles. The molecular formula is C23H20FN3O2S. The van der Waals surface area contributed by atoms with Crippen molar-refractivity contribution < 1.29 is 12.8 Å². The van der Waals surface area contributed by atoms with Crippen LogP contribution >= 0.6 is 0 Å². The minimum absolute atomic E-state index is 0.131. The molecule has 4 rings (SSSR count). The van der Waals surface area contributed by atoms with Crippen LogP contribution in [0.5, 0.6) is 0 Å². The lowest BCUT2D eigenvalue weighted by Gasteiger charge is -2.11. The monoisotopic (exact) mass is 421 g/mol. The molecule has 0 amide bonds. The molecule has 0 bridgehead atoms. The van der Waals surface area contributed by atoms with Crippen LogP contribution in [0.2, 0.25) is 0 Å². The molecule has 0 aliphatic rings. The maximum atomic E-state index is 13.2. The Bertz CT molecular complexity index is 1300. The Balaban J connectivity index is 1.58. The number of sulfonamides is 1. The highest BCUT2D eigenvalue weighted by Crippen LogP contribution is 2.25. The maximum Gasteiger partial charge on any atom is 0.261 e. The van der Waals surface area contributed by atoms with E-state index in [4.69, 9.17) is 0 Å². The third kappa shape index (κ3) is 4.11. The van der Waals surface area contributed by atoms with Crippen LogP contribution in [0.3, 0.4) is 0 Å². The third-order valence-electron chi connectivity index (χ3n) is 4.70. The van der Waals surface area contributed by atoms with Crippen molar-refractivity contribution in [2.45, 2.75) is 18.7 Å². The van der Waals surface area contributed by atoms with Gasteiger partial charge >= 0.3 is 0 Å². The summed E-state index contributed by atoms with van der Waals surface area (Å²) < 4.78 is 43.3. The Kier molecular flexibility index (Phi) is 5.13. The Morgan fingerprint density at radius 3 is 2.20 bits per heavy atom. The summed E-state index contributed by atoms with van der Waals surface area (Å²) in [6.45, 7) is 3.89. The van der Waals surface area contributed by atoms with Crippen molar-refractivity contribution in [1.29, 1.82) is 0 Å². The van der Waals surface area contributed by atoms with Crippen LogP contribution < -0.4 is 4.72 Å². The van der Waals surface area contributed by atoms with Crippen molar-refractivity contribution >= 4 is 15.7 Å². The molecule has 0 saturated carbocycles. The van der Waals surface area contributed by atoms with Gasteiger partial charge in [-0.1, -0.05) is 24.3 Å². The number of rotatable bonds is 5. The van der Waals surface area contributed by atoms with Gasteiger partial charge in [-0.15, -0.1) is 0 Å². The Hall–Kier alpha value is -3.45. The van der Waals surface area contributed by atoms with Gasteiger partial charge in [-0.25, -0.2) is 17.5 Å². The molecule has 0 aliphatic heterocycles. The summed E-state index contributed by atoms with van der Waals surface area (Å²) in [6.07, 6.45) is 0. The van der Waals surface area contributed by atoms with E-state index in [1.807, 2.05) is 32.0 Å². The second-order valence-corrected chi connectivity index (χ2v) is 8.71. The quantitative estimate of drug-likeness (QED) is 0.488. The molecule has 0 radical (unpaired) electrons. The SMILES string of the molecule is Cc1cc(C)n(-c2ccc(NS(=O)(=O)c3cccc(-c4ccc(F)cc4)c3)cc2)n1. The maximum absolute atomic E-state index is 13.2. The Labute approximate surface area is 174 Å². The molecular weight excluding hydrogens is 401 g/mol. The van der Waals surface area contributed by atoms with Gasteiger partial charge in [-0.05, 0) is 79.6 Å². The molecule has 4 aromatic rings. The van der Waals surface area contributed by atoms with Crippen LogP contribution in [0.4, 0.5) is 10.1 Å². The molecule has 0 aliphatic carbocycles. The number of aryl methyl sites for hydroxylation is 2. The van der Waals surface area contributed by atoms with Crippen LogP contribution in [-0.4, -0.2) is 18.2 Å². The largest absolute Gasteiger partial charge is 0.280 e. The van der Waals surface area contributed by atoms with Gasteiger partial charge in [0.2, 0.25) is 0 Å². The summed E-state index contributed by atoms with van der Waals surface area (Å²) in [5.74, 6) is -0.340. The number of nitrogens with zero attached hydrogens (tertiary/aromatic N) is 2. The molecule has 0 saturated heterocycles. The van der Waals surface area contributed by atoms with E-state index in [-0.39, 0.29) is 10.7 Å². The van der Waals surface area contributed by atoms with Gasteiger partial charge in [-0.3, -0.25) is 4.72 Å². The average Bonchev–Trinajstić information content (AvgIpc) is 3.07. The molecule has 0 unspecified atom stereocenters. The molecule has 152 valence electrons. The highest BCUT2D eigenvalue weighted by Gasteiger charge is 2.15. The second kappa shape index (κ2) is 7.76. The zero-order valence-corrected chi connectivity index (χ0v) is 17.3. The van der Waals surface area contributed by atoms with Crippen LogP contribution in [0, 0.1) is 19.7 Å². The average molecular weight is 421 g/mol. The highest BCUT2D eigenvalue weighted by atomic mass is 32.2. The van der Waals surface area contributed by atoms with Gasteiger partial charge in [0.1, 0.15) is 5.82 Å². The molecule has 1 N–H and O–H groups in total. The minimum Gasteiger partial charge on any atom is -0.280 e. The van der Waals surface area contributed by atoms with E-state index in [1.54, 1.807) is 47.1 Å². The number of benzene rings is 3. The van der Waals surface area contributed by atoms with E-state index in [9.17, 15) is 12.8 Å². The first-order valence-corrected chi connectivity index (χ1v) is 10.8. The number of halogens is 1. The molecule has 0 spiro atoms. The van der Waals surface area contributed by atoms with Crippen molar-refractivity contribution in [1.82, 2.24) is 9.78 Å². The highest BCUT2D eigenvalue weighted by molar-refractivity contribution is 7.92. The lowest BCUT2D eigenvalue weighted by atomic mass is 10.1. The smallest absolute Gasteiger partial charge is 0.261 e. The van der Waals surface area contributed by atoms with E-state index in [0.717, 1.165) is 22.6 Å². The number of aromatic nitrogens is 2. The number of anilines is 1. The second-order valence-electron chi connectivity index (χ2n) is 7.03. The first-order valence-electron chi connectivity index (χ1n) is 9.34. The third-order valence-corrected chi connectivity index (χ3v) is 6.07. The molecule has 0 fully saturated rings. The van der Waals surface area contributed by atoms with E-state index in [2.05, 4.69) is 9.82 Å². The number of nitrogens with one attached hydrogen (secondary N) is 1.